The van der Waals surface area contributed by atoms with Crippen molar-refractivity contribution in [1.82, 2.24) is 0 Å². The Balaban J connectivity index is 1.59. The van der Waals surface area contributed by atoms with E-state index in [-0.39, 0.29) is 6.10 Å². The number of ether oxygens (including phenoxy) is 1. The molecule has 3 fully saturated rings. The number of fused-ring (bicyclic) bond motifs is 3. The zero-order valence-corrected chi connectivity index (χ0v) is 16.3. The van der Waals surface area contributed by atoms with Gasteiger partial charge in [0.1, 0.15) is 58.5 Å². The number of benzene rings is 1. The second-order valence-corrected chi connectivity index (χ2v) is 8.53. The van der Waals surface area contributed by atoms with Crippen LogP contribution in [0.3, 0.4) is 0 Å². The first-order chi connectivity index (χ1) is 12.0. The van der Waals surface area contributed by atoms with E-state index in [1.165, 1.54) is 67.8 Å². The molecule has 4 heteroatoms. The van der Waals surface area contributed by atoms with E-state index in [1.54, 1.807) is 7.11 Å². The Morgan fingerprint density at radius 1 is 1.00 bits per heavy atom. The molecule has 0 amide bonds. The van der Waals surface area contributed by atoms with Crippen molar-refractivity contribution in [2.24, 2.45) is 0 Å². The molecule has 2 unspecified atom stereocenters. The van der Waals surface area contributed by atoms with Crippen LogP contribution in [0.5, 0.6) is 0 Å². The highest BCUT2D eigenvalue weighted by Crippen LogP contribution is 2.30. The molecule has 2 bridgehead atoms. The van der Waals surface area contributed by atoms with Crippen molar-refractivity contribution >= 4 is 0 Å². The summed E-state index contributed by atoms with van der Waals surface area (Å²) in [5.41, 5.74) is 2.94. The smallest absolute Gasteiger partial charge is 0.129 e. The van der Waals surface area contributed by atoms with Gasteiger partial charge in [0.2, 0.25) is 0 Å². The topological polar surface area (TPSA) is 29.5 Å². The Bertz CT molecular complexity index is 533. The second kappa shape index (κ2) is 7.75. The van der Waals surface area contributed by atoms with E-state index < -0.39 is 0 Å². The number of piperazine rings is 3. The molecule has 1 aromatic rings. The van der Waals surface area contributed by atoms with E-state index in [0.717, 1.165) is 11.0 Å². The maximum absolute atomic E-state index is 10.2. The lowest BCUT2D eigenvalue weighted by Gasteiger charge is -2.56. The summed E-state index contributed by atoms with van der Waals surface area (Å²) in [7, 11) is 1.67. The highest BCUT2D eigenvalue weighted by Gasteiger charge is 2.49. The van der Waals surface area contributed by atoms with Crippen molar-refractivity contribution in [3.8, 4) is 0 Å². The summed E-state index contributed by atoms with van der Waals surface area (Å²) in [6.45, 7) is 14.4. The molecule has 0 spiro atoms. The van der Waals surface area contributed by atoms with Crippen molar-refractivity contribution in [2.45, 2.75) is 38.8 Å². The first kappa shape index (κ1) is 18.8. The van der Waals surface area contributed by atoms with Gasteiger partial charge in [0, 0.05) is 12.7 Å². The van der Waals surface area contributed by atoms with Crippen LogP contribution in [-0.4, -0.2) is 79.7 Å². The number of hydrogen-bond donors (Lipinski definition) is 1. The Labute approximate surface area is 153 Å². The van der Waals surface area contributed by atoms with Crippen molar-refractivity contribution in [2.75, 3.05) is 59.5 Å². The van der Waals surface area contributed by atoms with E-state index in [1.807, 2.05) is 0 Å². The number of methoxy groups -OCH3 is 1. The number of aliphatic hydroxyl groups is 1. The predicted molar refractivity (Wildman–Crippen MR) is 101 cm³/mol. The lowest BCUT2D eigenvalue weighted by Crippen LogP contribution is -2.75. The molecule has 25 heavy (non-hydrogen) atoms. The van der Waals surface area contributed by atoms with Crippen molar-refractivity contribution in [1.29, 1.82) is 0 Å². The van der Waals surface area contributed by atoms with Gasteiger partial charge < -0.3 is 18.8 Å². The van der Waals surface area contributed by atoms with Crippen LogP contribution in [0.15, 0.2) is 24.3 Å². The molecular formula is C21H36N2O2+2. The number of aliphatic hydroxyl groups excluding tert-OH is 1. The molecule has 3 saturated heterocycles. The van der Waals surface area contributed by atoms with E-state index in [0.29, 0.717) is 12.5 Å². The minimum Gasteiger partial charge on any atom is -0.385 e. The average Bonchev–Trinajstić information content (AvgIpc) is 2.63. The summed E-state index contributed by atoms with van der Waals surface area (Å²) in [6.07, 6.45) is 0.880. The standard InChI is InChI=1S/C21H36N2O2/c1-4-18(2)20-7-5-19(6-8-20)15-22-9-12-23(13-10-22,14-11-22)16-21(24)17-25-3/h5-8,18,21,24H,4,9-17H2,1-3H3/q+2. The summed E-state index contributed by atoms with van der Waals surface area (Å²) in [5, 5.41) is 10.2. The van der Waals surface area contributed by atoms with Crippen molar-refractivity contribution in [3.05, 3.63) is 35.4 Å². The van der Waals surface area contributed by atoms with Gasteiger partial charge in [-0.1, -0.05) is 38.1 Å². The van der Waals surface area contributed by atoms with Crippen LogP contribution in [-0.2, 0) is 11.3 Å². The molecule has 0 saturated carbocycles. The Kier molecular flexibility index (Phi) is 5.84. The fourth-order valence-corrected chi connectivity index (χ4v) is 4.72. The van der Waals surface area contributed by atoms with Crippen LogP contribution < -0.4 is 0 Å². The zero-order valence-electron chi connectivity index (χ0n) is 16.3. The maximum Gasteiger partial charge on any atom is 0.129 e. The lowest BCUT2D eigenvalue weighted by molar-refractivity contribution is -1.09. The SMILES string of the molecule is CCC(C)c1ccc(C[N+]23CC[N+](CC(O)COC)(CC2)CC3)cc1. The summed E-state index contributed by atoms with van der Waals surface area (Å²) in [4.78, 5) is 0. The van der Waals surface area contributed by atoms with Gasteiger partial charge in [0.25, 0.3) is 0 Å². The molecule has 140 valence electrons. The summed E-state index contributed by atoms with van der Waals surface area (Å²) < 4.78 is 7.45. The number of nitrogens with zero attached hydrogens (tertiary/aromatic N) is 2. The quantitative estimate of drug-likeness (QED) is 0.731. The van der Waals surface area contributed by atoms with Crippen LogP contribution in [0.4, 0.5) is 0 Å². The van der Waals surface area contributed by atoms with Crippen LogP contribution in [0.2, 0.25) is 0 Å². The van der Waals surface area contributed by atoms with Gasteiger partial charge in [-0.05, 0) is 17.9 Å². The van der Waals surface area contributed by atoms with E-state index in [2.05, 4.69) is 38.1 Å². The highest BCUT2D eigenvalue weighted by molar-refractivity contribution is 5.24. The molecule has 0 radical (unpaired) electrons. The monoisotopic (exact) mass is 348 g/mol. The van der Waals surface area contributed by atoms with Crippen LogP contribution in [0, 0.1) is 0 Å². The molecule has 3 aliphatic heterocycles. The van der Waals surface area contributed by atoms with Crippen molar-refractivity contribution in [3.63, 3.8) is 0 Å². The molecule has 1 N–H and O–H groups in total. The van der Waals surface area contributed by atoms with Gasteiger partial charge in [0.15, 0.2) is 0 Å². The molecule has 0 aliphatic carbocycles. The molecular weight excluding hydrogens is 312 g/mol. The van der Waals surface area contributed by atoms with E-state index in [4.69, 9.17) is 4.74 Å². The summed E-state index contributed by atoms with van der Waals surface area (Å²) >= 11 is 0. The third-order valence-electron chi connectivity index (χ3n) is 6.78. The van der Waals surface area contributed by atoms with Gasteiger partial charge in [-0.15, -0.1) is 0 Å². The molecule has 4 rings (SSSR count). The highest BCUT2D eigenvalue weighted by atomic mass is 16.5. The van der Waals surface area contributed by atoms with Gasteiger partial charge in [0.05, 0.1) is 6.61 Å². The minimum absolute atomic E-state index is 0.323. The molecule has 3 heterocycles. The largest absolute Gasteiger partial charge is 0.385 e. The summed E-state index contributed by atoms with van der Waals surface area (Å²) in [6, 6.07) is 9.36. The van der Waals surface area contributed by atoms with Gasteiger partial charge >= 0.3 is 0 Å². The molecule has 4 nitrogen and oxygen atoms in total. The predicted octanol–water partition coefficient (Wildman–Crippen LogP) is 2.37. The third-order valence-corrected chi connectivity index (χ3v) is 6.78. The fourth-order valence-electron chi connectivity index (χ4n) is 4.72. The Hall–Kier alpha value is -0.940. The molecule has 0 aromatic heterocycles. The van der Waals surface area contributed by atoms with Crippen LogP contribution in [0.25, 0.3) is 0 Å². The Morgan fingerprint density at radius 2 is 1.56 bits per heavy atom. The molecule has 2 atom stereocenters. The number of hydrogen-bond acceptors (Lipinski definition) is 2. The molecule has 3 aliphatic rings. The first-order valence-corrected chi connectivity index (χ1v) is 9.96. The lowest BCUT2D eigenvalue weighted by atomic mass is 9.97. The minimum atomic E-state index is -0.323. The normalized spacial score (nSPS) is 31.0. The Morgan fingerprint density at radius 3 is 2.08 bits per heavy atom. The second-order valence-electron chi connectivity index (χ2n) is 8.53. The van der Waals surface area contributed by atoms with E-state index >= 15 is 0 Å². The van der Waals surface area contributed by atoms with E-state index in [9.17, 15) is 5.11 Å². The zero-order chi connectivity index (χ0) is 17.9. The molecule has 1 aromatic carbocycles. The number of quaternary nitrogens is 2. The van der Waals surface area contributed by atoms with Crippen LogP contribution in [0.1, 0.15) is 37.3 Å². The average molecular weight is 349 g/mol. The number of rotatable bonds is 8. The van der Waals surface area contributed by atoms with Gasteiger partial charge in [-0.25, -0.2) is 0 Å². The maximum atomic E-state index is 10.2. The van der Waals surface area contributed by atoms with Crippen LogP contribution >= 0.6 is 0 Å². The first-order valence-electron chi connectivity index (χ1n) is 9.96. The van der Waals surface area contributed by atoms with Crippen molar-refractivity contribution < 1.29 is 18.8 Å². The summed E-state index contributed by atoms with van der Waals surface area (Å²) in [5.74, 6) is 0.655. The van der Waals surface area contributed by atoms with Gasteiger partial charge in [-0.3, -0.25) is 0 Å². The van der Waals surface area contributed by atoms with Gasteiger partial charge in [-0.2, -0.15) is 0 Å². The third kappa shape index (κ3) is 4.25. The fraction of sp³-hybridized carbons (Fsp3) is 0.714.